The maximum atomic E-state index is 11.8. The Morgan fingerprint density at radius 1 is 1.24 bits per heavy atom. The van der Waals surface area contributed by atoms with E-state index in [0.29, 0.717) is 11.4 Å². The van der Waals surface area contributed by atoms with Crippen molar-refractivity contribution in [1.82, 2.24) is 5.43 Å². The summed E-state index contributed by atoms with van der Waals surface area (Å²) in [5, 5.41) is 13.2. The molecule has 2 rings (SSSR count). The molecule has 21 heavy (non-hydrogen) atoms. The highest BCUT2D eigenvalue weighted by Crippen LogP contribution is 2.10. The average Bonchev–Trinajstić information content (AvgIpc) is 2.47. The maximum Gasteiger partial charge on any atom is 0.244 e. The zero-order valence-electron chi connectivity index (χ0n) is 11.7. The van der Waals surface area contributed by atoms with Gasteiger partial charge in [0.1, 0.15) is 5.75 Å². The molecule has 0 spiro atoms. The predicted octanol–water partition coefficient (Wildman–Crippen LogP) is 2.06. The lowest BCUT2D eigenvalue weighted by molar-refractivity contribution is -0.120. The van der Waals surface area contributed by atoms with E-state index < -0.39 is 0 Å². The lowest BCUT2D eigenvalue weighted by Crippen LogP contribution is -2.21. The number of carbonyl (C=O) groups excluding carboxylic acids is 1. The Morgan fingerprint density at radius 2 is 1.95 bits per heavy atom. The fourth-order valence-corrected chi connectivity index (χ4v) is 1.81. The van der Waals surface area contributed by atoms with Gasteiger partial charge in [-0.05, 0) is 42.3 Å². The van der Waals surface area contributed by atoms with Crippen LogP contribution in [0, 0.1) is 0 Å². The van der Waals surface area contributed by atoms with Crippen LogP contribution in [0.4, 0.5) is 5.69 Å². The van der Waals surface area contributed by atoms with Crippen molar-refractivity contribution in [2.45, 2.75) is 13.3 Å². The first-order chi connectivity index (χ1) is 10.0. The molecule has 0 bridgehead atoms. The number of rotatable bonds is 4. The number of hydrogen-bond donors (Lipinski definition) is 3. The lowest BCUT2D eigenvalue weighted by Gasteiger charge is -2.04. The SMILES string of the molecule is C/C(=N\NC(=O)Cc1ccc(O)cc1)c1cccc(N)c1. The van der Waals surface area contributed by atoms with Crippen LogP contribution >= 0.6 is 0 Å². The van der Waals surface area contributed by atoms with Gasteiger partial charge in [0, 0.05) is 5.69 Å². The lowest BCUT2D eigenvalue weighted by atomic mass is 10.1. The molecule has 4 N–H and O–H groups in total. The van der Waals surface area contributed by atoms with E-state index in [1.165, 1.54) is 0 Å². The van der Waals surface area contributed by atoms with E-state index in [9.17, 15) is 9.90 Å². The van der Waals surface area contributed by atoms with Gasteiger partial charge in [0.15, 0.2) is 0 Å². The number of phenolic OH excluding ortho intramolecular Hbond substituents is 1. The number of hydrazone groups is 1. The molecule has 2 aromatic rings. The molecule has 5 nitrogen and oxygen atoms in total. The van der Waals surface area contributed by atoms with Crippen LogP contribution in [0.1, 0.15) is 18.1 Å². The Balaban J connectivity index is 1.96. The number of phenols is 1. The quantitative estimate of drug-likeness (QED) is 0.456. The van der Waals surface area contributed by atoms with E-state index in [4.69, 9.17) is 5.73 Å². The van der Waals surface area contributed by atoms with Crippen molar-refractivity contribution in [2.24, 2.45) is 5.10 Å². The Morgan fingerprint density at radius 3 is 2.62 bits per heavy atom. The Bertz CT molecular complexity index is 663. The van der Waals surface area contributed by atoms with E-state index >= 15 is 0 Å². The topological polar surface area (TPSA) is 87.7 Å². The molecule has 0 heterocycles. The van der Waals surface area contributed by atoms with Crippen molar-refractivity contribution in [1.29, 1.82) is 0 Å². The Labute approximate surface area is 123 Å². The van der Waals surface area contributed by atoms with Gasteiger partial charge in [0.05, 0.1) is 12.1 Å². The molecular formula is C16H17N3O2. The van der Waals surface area contributed by atoms with E-state index in [-0.39, 0.29) is 18.1 Å². The van der Waals surface area contributed by atoms with Gasteiger partial charge >= 0.3 is 0 Å². The number of carbonyl (C=O) groups is 1. The number of nitrogens with zero attached hydrogens (tertiary/aromatic N) is 1. The van der Waals surface area contributed by atoms with Gasteiger partial charge in [-0.25, -0.2) is 5.43 Å². The van der Waals surface area contributed by atoms with Gasteiger partial charge in [-0.2, -0.15) is 5.10 Å². The third-order valence-electron chi connectivity index (χ3n) is 2.95. The summed E-state index contributed by atoms with van der Waals surface area (Å²) in [5.41, 5.74) is 11.2. The second-order valence-corrected chi connectivity index (χ2v) is 4.70. The number of aromatic hydroxyl groups is 1. The van der Waals surface area contributed by atoms with Crippen LogP contribution in [-0.2, 0) is 11.2 Å². The summed E-state index contributed by atoms with van der Waals surface area (Å²) in [4.78, 5) is 11.8. The van der Waals surface area contributed by atoms with Crippen LogP contribution < -0.4 is 11.2 Å². The highest BCUT2D eigenvalue weighted by Gasteiger charge is 2.03. The molecule has 0 atom stereocenters. The molecule has 0 aliphatic carbocycles. The molecule has 0 saturated carbocycles. The van der Waals surface area contributed by atoms with Crippen LogP contribution in [0.3, 0.4) is 0 Å². The van der Waals surface area contributed by atoms with Crippen molar-refractivity contribution in [3.05, 3.63) is 59.7 Å². The molecular weight excluding hydrogens is 266 g/mol. The second kappa shape index (κ2) is 6.56. The van der Waals surface area contributed by atoms with Gasteiger partial charge in [-0.3, -0.25) is 4.79 Å². The summed E-state index contributed by atoms with van der Waals surface area (Å²) in [6.45, 7) is 1.80. The van der Waals surface area contributed by atoms with Crippen molar-refractivity contribution < 1.29 is 9.90 Å². The fraction of sp³-hybridized carbons (Fsp3) is 0.125. The Kier molecular flexibility index (Phi) is 4.56. The molecule has 5 heteroatoms. The van der Waals surface area contributed by atoms with Crippen LogP contribution in [0.2, 0.25) is 0 Å². The van der Waals surface area contributed by atoms with Crippen LogP contribution in [0.25, 0.3) is 0 Å². The van der Waals surface area contributed by atoms with Crippen molar-refractivity contribution in [3.63, 3.8) is 0 Å². The highest BCUT2D eigenvalue weighted by molar-refractivity contribution is 5.99. The number of anilines is 1. The molecule has 0 radical (unpaired) electrons. The normalized spacial score (nSPS) is 11.2. The fourth-order valence-electron chi connectivity index (χ4n) is 1.81. The van der Waals surface area contributed by atoms with E-state index in [0.717, 1.165) is 11.1 Å². The van der Waals surface area contributed by atoms with Gasteiger partial charge in [-0.15, -0.1) is 0 Å². The van der Waals surface area contributed by atoms with E-state index in [1.807, 2.05) is 12.1 Å². The molecule has 2 aromatic carbocycles. The summed E-state index contributed by atoms with van der Waals surface area (Å²) in [7, 11) is 0. The first-order valence-electron chi connectivity index (χ1n) is 6.51. The smallest absolute Gasteiger partial charge is 0.244 e. The number of hydrogen-bond acceptors (Lipinski definition) is 4. The molecule has 0 saturated heterocycles. The van der Waals surface area contributed by atoms with E-state index in [2.05, 4.69) is 10.5 Å². The molecule has 0 fully saturated rings. The minimum atomic E-state index is -0.219. The number of benzene rings is 2. The van der Waals surface area contributed by atoms with Gasteiger partial charge in [-0.1, -0.05) is 24.3 Å². The summed E-state index contributed by atoms with van der Waals surface area (Å²) in [5.74, 6) is -0.0429. The summed E-state index contributed by atoms with van der Waals surface area (Å²) < 4.78 is 0. The minimum Gasteiger partial charge on any atom is -0.508 e. The average molecular weight is 283 g/mol. The number of nitrogens with one attached hydrogen (secondary N) is 1. The van der Waals surface area contributed by atoms with Crippen molar-refractivity contribution in [3.8, 4) is 5.75 Å². The number of amides is 1. The standard InChI is InChI=1S/C16H17N3O2/c1-11(13-3-2-4-14(17)10-13)18-19-16(21)9-12-5-7-15(20)8-6-12/h2-8,10,20H,9,17H2,1H3,(H,19,21)/b18-11+. The molecule has 0 aliphatic rings. The monoisotopic (exact) mass is 283 g/mol. The summed E-state index contributed by atoms with van der Waals surface area (Å²) in [6.07, 6.45) is 0.202. The molecule has 0 aliphatic heterocycles. The zero-order valence-corrected chi connectivity index (χ0v) is 11.7. The first kappa shape index (κ1) is 14.6. The number of nitrogens with two attached hydrogens (primary N) is 1. The van der Waals surface area contributed by atoms with E-state index in [1.54, 1.807) is 43.3 Å². The third kappa shape index (κ3) is 4.35. The number of nitrogen functional groups attached to an aromatic ring is 1. The summed E-state index contributed by atoms with van der Waals surface area (Å²) >= 11 is 0. The zero-order chi connectivity index (χ0) is 15.2. The van der Waals surface area contributed by atoms with Crippen molar-refractivity contribution in [2.75, 3.05) is 5.73 Å². The highest BCUT2D eigenvalue weighted by atomic mass is 16.3. The second-order valence-electron chi connectivity index (χ2n) is 4.70. The molecule has 0 aromatic heterocycles. The summed E-state index contributed by atoms with van der Waals surface area (Å²) in [6, 6.07) is 13.8. The van der Waals surface area contributed by atoms with Gasteiger partial charge in [0.2, 0.25) is 5.91 Å². The van der Waals surface area contributed by atoms with Gasteiger partial charge in [0.25, 0.3) is 0 Å². The minimum absolute atomic E-state index is 0.176. The maximum absolute atomic E-state index is 11.8. The van der Waals surface area contributed by atoms with Crippen LogP contribution in [0.15, 0.2) is 53.6 Å². The molecule has 0 unspecified atom stereocenters. The largest absolute Gasteiger partial charge is 0.508 e. The third-order valence-corrected chi connectivity index (χ3v) is 2.95. The predicted molar refractivity (Wildman–Crippen MR) is 83.0 cm³/mol. The van der Waals surface area contributed by atoms with Crippen molar-refractivity contribution >= 4 is 17.3 Å². The Hall–Kier alpha value is -2.82. The van der Waals surface area contributed by atoms with Crippen LogP contribution in [-0.4, -0.2) is 16.7 Å². The first-order valence-corrected chi connectivity index (χ1v) is 6.51. The van der Waals surface area contributed by atoms with Crippen LogP contribution in [0.5, 0.6) is 5.75 Å². The molecule has 108 valence electrons. The van der Waals surface area contributed by atoms with Gasteiger partial charge < -0.3 is 10.8 Å². The molecule has 1 amide bonds.